The summed E-state index contributed by atoms with van der Waals surface area (Å²) in [7, 11) is 0. The molecule has 100 valence electrons. The molecule has 1 aromatic heterocycles. The lowest BCUT2D eigenvalue weighted by Crippen LogP contribution is -2.35. The van der Waals surface area contributed by atoms with Crippen LogP contribution in [0.1, 0.15) is 62.5 Å². The van der Waals surface area contributed by atoms with E-state index in [4.69, 9.17) is 0 Å². The first-order chi connectivity index (χ1) is 8.83. The molecule has 0 aliphatic heterocycles. The van der Waals surface area contributed by atoms with Gasteiger partial charge in [0.2, 0.25) is 0 Å². The molecule has 1 saturated carbocycles. The molecule has 0 radical (unpaired) electrons. The Morgan fingerprint density at radius 3 is 2.89 bits per heavy atom. The number of aromatic nitrogens is 1. The van der Waals surface area contributed by atoms with Gasteiger partial charge in [0, 0.05) is 24.4 Å². The molecule has 2 rings (SSSR count). The van der Waals surface area contributed by atoms with E-state index in [9.17, 15) is 0 Å². The Kier molecular flexibility index (Phi) is 5.18. The van der Waals surface area contributed by atoms with Crippen molar-refractivity contribution in [3.8, 4) is 0 Å². The van der Waals surface area contributed by atoms with E-state index in [0.29, 0.717) is 12.0 Å². The minimum atomic E-state index is 0.648. The summed E-state index contributed by atoms with van der Waals surface area (Å²) in [5, 5.41) is 3.76. The topological polar surface area (TPSA) is 24.9 Å². The van der Waals surface area contributed by atoms with Gasteiger partial charge in [0.25, 0.3) is 0 Å². The third-order valence-corrected chi connectivity index (χ3v) is 4.15. The van der Waals surface area contributed by atoms with Crippen molar-refractivity contribution in [1.29, 1.82) is 0 Å². The Morgan fingerprint density at radius 2 is 2.11 bits per heavy atom. The predicted molar refractivity (Wildman–Crippen MR) is 76.9 cm³/mol. The van der Waals surface area contributed by atoms with Gasteiger partial charge in [0.1, 0.15) is 0 Å². The molecule has 0 saturated heterocycles. The van der Waals surface area contributed by atoms with E-state index in [2.05, 4.69) is 36.4 Å². The van der Waals surface area contributed by atoms with Crippen molar-refractivity contribution < 1.29 is 0 Å². The van der Waals surface area contributed by atoms with Crippen molar-refractivity contribution >= 4 is 0 Å². The van der Waals surface area contributed by atoms with E-state index < -0.39 is 0 Å². The van der Waals surface area contributed by atoms with Crippen LogP contribution in [0.3, 0.4) is 0 Å². The zero-order chi connectivity index (χ0) is 12.8. The first kappa shape index (κ1) is 13.5. The van der Waals surface area contributed by atoms with Gasteiger partial charge < -0.3 is 5.32 Å². The molecule has 2 nitrogen and oxygen atoms in total. The lowest BCUT2D eigenvalue weighted by Gasteiger charge is -2.27. The van der Waals surface area contributed by atoms with Gasteiger partial charge in [0.15, 0.2) is 0 Å². The van der Waals surface area contributed by atoms with E-state index in [1.165, 1.54) is 49.7 Å². The molecule has 1 aliphatic rings. The molecule has 1 heterocycles. The molecule has 1 N–H and O–H groups in total. The van der Waals surface area contributed by atoms with Crippen molar-refractivity contribution in [3.63, 3.8) is 0 Å². The van der Waals surface area contributed by atoms with E-state index in [-0.39, 0.29) is 0 Å². The van der Waals surface area contributed by atoms with Crippen molar-refractivity contribution in [3.05, 3.63) is 29.6 Å². The maximum atomic E-state index is 4.34. The fraction of sp³-hybridized carbons (Fsp3) is 0.688. The summed E-state index contributed by atoms with van der Waals surface area (Å²) in [6.07, 6.45) is 12.0. The molecular weight excluding hydrogens is 220 g/mol. The number of hydrogen-bond donors (Lipinski definition) is 1. The third kappa shape index (κ3) is 3.32. The van der Waals surface area contributed by atoms with Gasteiger partial charge in [-0.3, -0.25) is 4.98 Å². The first-order valence-corrected chi connectivity index (χ1v) is 7.46. The van der Waals surface area contributed by atoms with E-state index in [1.807, 2.05) is 6.20 Å². The summed E-state index contributed by atoms with van der Waals surface area (Å²) >= 11 is 0. The minimum absolute atomic E-state index is 0.648. The van der Waals surface area contributed by atoms with E-state index in [0.717, 1.165) is 6.54 Å². The highest BCUT2D eigenvalue weighted by Gasteiger charge is 2.25. The molecule has 18 heavy (non-hydrogen) atoms. The van der Waals surface area contributed by atoms with Gasteiger partial charge in [-0.25, -0.2) is 0 Å². The molecule has 0 spiro atoms. The molecule has 1 fully saturated rings. The zero-order valence-corrected chi connectivity index (χ0v) is 11.8. The second kappa shape index (κ2) is 6.89. The van der Waals surface area contributed by atoms with E-state index in [1.54, 1.807) is 0 Å². The van der Waals surface area contributed by atoms with Gasteiger partial charge >= 0.3 is 0 Å². The highest BCUT2D eigenvalue weighted by atomic mass is 14.9. The number of aryl methyl sites for hydroxylation is 1. The standard InChI is InChI=1S/C16H26N2/c1-3-10-18-16-8-6-4-5-7-14(16)15-12-17-11-9-13(15)2/h9,11-12,14,16,18H,3-8,10H2,1-2H3. The van der Waals surface area contributed by atoms with Crippen LogP contribution in [0.5, 0.6) is 0 Å². The monoisotopic (exact) mass is 246 g/mol. The van der Waals surface area contributed by atoms with Crippen molar-refractivity contribution in [1.82, 2.24) is 10.3 Å². The van der Waals surface area contributed by atoms with Crippen LogP contribution in [-0.4, -0.2) is 17.6 Å². The van der Waals surface area contributed by atoms with Gasteiger partial charge in [-0.1, -0.05) is 26.2 Å². The Hall–Kier alpha value is -0.890. The first-order valence-electron chi connectivity index (χ1n) is 7.46. The van der Waals surface area contributed by atoms with Crippen LogP contribution in [0.25, 0.3) is 0 Å². The summed E-state index contributed by atoms with van der Waals surface area (Å²) in [5.41, 5.74) is 2.87. The molecule has 2 heteroatoms. The lowest BCUT2D eigenvalue weighted by atomic mass is 9.86. The summed E-state index contributed by atoms with van der Waals surface area (Å²) in [6, 6.07) is 2.80. The third-order valence-electron chi connectivity index (χ3n) is 4.15. The predicted octanol–water partition coefficient (Wildman–Crippen LogP) is 3.81. The number of nitrogens with one attached hydrogen (secondary N) is 1. The average molecular weight is 246 g/mol. The summed E-state index contributed by atoms with van der Waals surface area (Å²) in [4.78, 5) is 4.34. The molecule has 0 amide bonds. The fourth-order valence-corrected chi connectivity index (χ4v) is 3.12. The molecule has 1 aliphatic carbocycles. The summed E-state index contributed by atoms with van der Waals surface area (Å²) in [5.74, 6) is 0.660. The minimum Gasteiger partial charge on any atom is -0.313 e. The molecule has 0 aromatic carbocycles. The van der Waals surface area contributed by atoms with Gasteiger partial charge in [0.05, 0.1) is 0 Å². The van der Waals surface area contributed by atoms with Crippen molar-refractivity contribution in [2.24, 2.45) is 0 Å². The largest absolute Gasteiger partial charge is 0.313 e. The van der Waals surface area contributed by atoms with Gasteiger partial charge in [-0.05, 0) is 49.9 Å². The molecular formula is C16H26N2. The highest BCUT2D eigenvalue weighted by Crippen LogP contribution is 2.33. The van der Waals surface area contributed by atoms with Crippen LogP contribution in [0, 0.1) is 6.92 Å². The van der Waals surface area contributed by atoms with E-state index >= 15 is 0 Å². The second-order valence-electron chi connectivity index (χ2n) is 5.54. The van der Waals surface area contributed by atoms with Crippen LogP contribution in [0.4, 0.5) is 0 Å². The Balaban J connectivity index is 2.17. The van der Waals surface area contributed by atoms with Crippen molar-refractivity contribution in [2.45, 2.75) is 64.3 Å². The van der Waals surface area contributed by atoms with Gasteiger partial charge in [-0.2, -0.15) is 0 Å². The summed E-state index contributed by atoms with van der Waals surface area (Å²) < 4.78 is 0. The highest BCUT2D eigenvalue weighted by molar-refractivity contribution is 5.27. The van der Waals surface area contributed by atoms with Crippen molar-refractivity contribution in [2.75, 3.05) is 6.54 Å². The normalized spacial score (nSPS) is 24.8. The van der Waals surface area contributed by atoms with Crippen LogP contribution in [0.2, 0.25) is 0 Å². The van der Waals surface area contributed by atoms with Gasteiger partial charge in [-0.15, -0.1) is 0 Å². The van der Waals surface area contributed by atoms with Crippen LogP contribution in [-0.2, 0) is 0 Å². The zero-order valence-electron chi connectivity index (χ0n) is 11.8. The fourth-order valence-electron chi connectivity index (χ4n) is 3.12. The lowest BCUT2D eigenvalue weighted by molar-refractivity contribution is 0.409. The average Bonchev–Trinajstić information content (AvgIpc) is 2.62. The number of pyridine rings is 1. The smallest absolute Gasteiger partial charge is 0.0305 e. The number of rotatable bonds is 4. The maximum absolute atomic E-state index is 4.34. The quantitative estimate of drug-likeness (QED) is 0.817. The molecule has 0 bridgehead atoms. The van der Waals surface area contributed by atoms with Crippen LogP contribution < -0.4 is 5.32 Å². The maximum Gasteiger partial charge on any atom is 0.0305 e. The SMILES string of the molecule is CCCNC1CCCCCC1c1cnccc1C. The molecule has 2 unspecified atom stereocenters. The molecule has 1 aromatic rings. The van der Waals surface area contributed by atoms with Crippen LogP contribution in [0.15, 0.2) is 18.5 Å². The number of hydrogen-bond acceptors (Lipinski definition) is 2. The summed E-state index contributed by atoms with van der Waals surface area (Å²) in [6.45, 7) is 5.60. The second-order valence-corrected chi connectivity index (χ2v) is 5.54. The Labute approximate surface area is 111 Å². The number of nitrogens with zero attached hydrogens (tertiary/aromatic N) is 1. The Bertz CT molecular complexity index is 362. The molecule has 2 atom stereocenters. The van der Waals surface area contributed by atoms with Crippen LogP contribution >= 0.6 is 0 Å². The Morgan fingerprint density at radius 1 is 1.28 bits per heavy atom.